The maximum Gasteiger partial charge on any atom is 0.255 e. The van der Waals surface area contributed by atoms with Crippen molar-refractivity contribution in [1.82, 2.24) is 5.32 Å². The van der Waals surface area contributed by atoms with E-state index >= 15 is 0 Å². The van der Waals surface area contributed by atoms with Gasteiger partial charge < -0.3 is 20.6 Å². The monoisotopic (exact) mass is 259 g/mol. The molecular formula is C14H13NO4. The highest BCUT2D eigenvalue weighted by molar-refractivity contribution is 5.97. The Balaban J connectivity index is 2.10. The van der Waals surface area contributed by atoms with Crippen LogP contribution < -0.4 is 5.32 Å². The number of nitrogens with one attached hydrogen (secondary N) is 1. The molecule has 0 unspecified atom stereocenters. The zero-order valence-corrected chi connectivity index (χ0v) is 10.00. The fraction of sp³-hybridized carbons (Fsp3) is 0.0714. The first kappa shape index (κ1) is 12.8. The highest BCUT2D eigenvalue weighted by Gasteiger charge is 2.13. The van der Waals surface area contributed by atoms with E-state index in [9.17, 15) is 20.1 Å². The number of hydrogen-bond acceptors (Lipinski definition) is 4. The number of phenols is 3. The van der Waals surface area contributed by atoms with Crippen LogP contribution in [0.25, 0.3) is 0 Å². The Labute approximate surface area is 109 Å². The molecule has 0 radical (unpaired) electrons. The average Bonchev–Trinajstić information content (AvgIpc) is 2.40. The second-order valence-electron chi connectivity index (χ2n) is 3.98. The third-order valence-electron chi connectivity index (χ3n) is 2.69. The third-order valence-corrected chi connectivity index (χ3v) is 2.69. The number of rotatable bonds is 3. The summed E-state index contributed by atoms with van der Waals surface area (Å²) >= 11 is 0. The molecule has 2 aromatic carbocycles. The highest BCUT2D eigenvalue weighted by atomic mass is 16.3. The molecule has 0 heterocycles. The van der Waals surface area contributed by atoms with E-state index in [1.807, 2.05) is 0 Å². The van der Waals surface area contributed by atoms with Crippen molar-refractivity contribution >= 4 is 5.91 Å². The van der Waals surface area contributed by atoms with Gasteiger partial charge in [0.15, 0.2) is 11.5 Å². The number of para-hydroxylation sites is 2. The second-order valence-corrected chi connectivity index (χ2v) is 3.98. The molecule has 4 N–H and O–H groups in total. The molecule has 98 valence electrons. The van der Waals surface area contributed by atoms with Gasteiger partial charge in [-0.1, -0.05) is 24.3 Å². The lowest BCUT2D eigenvalue weighted by atomic mass is 10.1. The van der Waals surface area contributed by atoms with Crippen LogP contribution in [0.2, 0.25) is 0 Å². The Morgan fingerprint density at radius 3 is 2.37 bits per heavy atom. The lowest BCUT2D eigenvalue weighted by molar-refractivity contribution is 0.0947. The molecule has 0 aliphatic carbocycles. The van der Waals surface area contributed by atoms with Gasteiger partial charge in [-0.2, -0.15) is 0 Å². The number of amides is 1. The quantitative estimate of drug-likeness (QED) is 0.632. The second kappa shape index (κ2) is 5.30. The summed E-state index contributed by atoms with van der Waals surface area (Å²) in [6, 6.07) is 10.8. The number of benzene rings is 2. The van der Waals surface area contributed by atoms with Crippen LogP contribution in [-0.4, -0.2) is 21.2 Å². The molecule has 0 aromatic heterocycles. The minimum atomic E-state index is -0.531. The van der Waals surface area contributed by atoms with E-state index in [0.29, 0.717) is 5.56 Å². The fourth-order valence-electron chi connectivity index (χ4n) is 1.65. The van der Waals surface area contributed by atoms with Crippen molar-refractivity contribution in [3.8, 4) is 17.2 Å². The van der Waals surface area contributed by atoms with E-state index in [-0.39, 0.29) is 23.6 Å². The number of phenolic OH excluding ortho intramolecular Hbond substituents is 3. The van der Waals surface area contributed by atoms with Gasteiger partial charge in [0, 0.05) is 12.1 Å². The van der Waals surface area contributed by atoms with E-state index < -0.39 is 11.7 Å². The van der Waals surface area contributed by atoms with Gasteiger partial charge in [0.1, 0.15) is 5.75 Å². The third kappa shape index (κ3) is 2.77. The summed E-state index contributed by atoms with van der Waals surface area (Å²) in [5, 5.41) is 31.0. The molecule has 0 bridgehead atoms. The van der Waals surface area contributed by atoms with E-state index in [1.165, 1.54) is 24.3 Å². The minimum Gasteiger partial charge on any atom is -0.508 e. The van der Waals surface area contributed by atoms with Gasteiger partial charge in [-0.15, -0.1) is 0 Å². The Bertz CT molecular complexity index is 610. The zero-order valence-electron chi connectivity index (χ0n) is 10.00. The molecule has 2 aromatic rings. The zero-order chi connectivity index (χ0) is 13.8. The molecule has 5 heteroatoms. The maximum absolute atomic E-state index is 11.8. The van der Waals surface area contributed by atoms with Crippen LogP contribution in [0.3, 0.4) is 0 Å². The molecule has 0 fully saturated rings. The molecule has 0 atom stereocenters. The molecule has 1 amide bonds. The van der Waals surface area contributed by atoms with E-state index in [0.717, 1.165) is 0 Å². The Kier molecular flexibility index (Phi) is 3.56. The molecule has 0 saturated carbocycles. The SMILES string of the molecule is O=C(NCc1ccccc1O)c1cccc(O)c1O. The van der Waals surface area contributed by atoms with Gasteiger partial charge in [0.2, 0.25) is 0 Å². The molecule has 5 nitrogen and oxygen atoms in total. The van der Waals surface area contributed by atoms with Crippen molar-refractivity contribution in [3.05, 3.63) is 53.6 Å². The topological polar surface area (TPSA) is 89.8 Å². The summed E-state index contributed by atoms with van der Waals surface area (Å²) in [5.41, 5.74) is 0.547. The summed E-state index contributed by atoms with van der Waals surface area (Å²) in [4.78, 5) is 11.8. The summed E-state index contributed by atoms with van der Waals surface area (Å²) in [6.45, 7) is 0.126. The number of carbonyl (C=O) groups excluding carboxylic acids is 1. The first-order valence-corrected chi connectivity index (χ1v) is 5.65. The number of hydrogen-bond donors (Lipinski definition) is 4. The first-order chi connectivity index (χ1) is 9.09. The van der Waals surface area contributed by atoms with Crippen LogP contribution >= 0.6 is 0 Å². The Hall–Kier alpha value is -2.69. The van der Waals surface area contributed by atoms with Gasteiger partial charge in [0.05, 0.1) is 5.56 Å². The lowest BCUT2D eigenvalue weighted by Gasteiger charge is -2.08. The summed E-state index contributed by atoms with van der Waals surface area (Å²) < 4.78 is 0. The molecule has 0 saturated heterocycles. The highest BCUT2D eigenvalue weighted by Crippen LogP contribution is 2.28. The largest absolute Gasteiger partial charge is 0.508 e. The lowest BCUT2D eigenvalue weighted by Crippen LogP contribution is -2.22. The van der Waals surface area contributed by atoms with Gasteiger partial charge in [0.25, 0.3) is 5.91 Å². The average molecular weight is 259 g/mol. The maximum atomic E-state index is 11.8. The van der Waals surface area contributed by atoms with Crippen LogP contribution in [0.5, 0.6) is 17.2 Å². The van der Waals surface area contributed by atoms with Crippen molar-refractivity contribution in [2.24, 2.45) is 0 Å². The standard InChI is InChI=1S/C14H13NO4/c16-11-6-2-1-4-9(11)8-15-14(19)10-5-3-7-12(17)13(10)18/h1-7,16-18H,8H2,(H,15,19). The predicted molar refractivity (Wildman–Crippen MR) is 69.0 cm³/mol. The van der Waals surface area contributed by atoms with E-state index in [1.54, 1.807) is 18.2 Å². The number of aromatic hydroxyl groups is 3. The van der Waals surface area contributed by atoms with Crippen molar-refractivity contribution in [2.45, 2.75) is 6.54 Å². The van der Waals surface area contributed by atoms with Crippen molar-refractivity contribution in [2.75, 3.05) is 0 Å². The van der Waals surface area contributed by atoms with Crippen LogP contribution in [-0.2, 0) is 6.54 Å². The predicted octanol–water partition coefficient (Wildman–Crippen LogP) is 1.73. The fourth-order valence-corrected chi connectivity index (χ4v) is 1.65. The molecule has 2 rings (SSSR count). The van der Waals surface area contributed by atoms with Gasteiger partial charge in [-0.3, -0.25) is 4.79 Å². The van der Waals surface area contributed by atoms with Crippen LogP contribution in [0.15, 0.2) is 42.5 Å². The molecular weight excluding hydrogens is 246 g/mol. The van der Waals surface area contributed by atoms with Crippen molar-refractivity contribution in [3.63, 3.8) is 0 Å². The van der Waals surface area contributed by atoms with E-state index in [4.69, 9.17) is 0 Å². The van der Waals surface area contributed by atoms with Gasteiger partial charge in [-0.25, -0.2) is 0 Å². The normalized spacial score (nSPS) is 10.1. The van der Waals surface area contributed by atoms with Crippen LogP contribution in [0, 0.1) is 0 Å². The van der Waals surface area contributed by atoms with Gasteiger partial charge in [-0.05, 0) is 18.2 Å². The van der Waals surface area contributed by atoms with Crippen LogP contribution in [0.4, 0.5) is 0 Å². The smallest absolute Gasteiger partial charge is 0.255 e. The molecule has 0 aliphatic heterocycles. The van der Waals surface area contributed by atoms with Crippen LogP contribution in [0.1, 0.15) is 15.9 Å². The van der Waals surface area contributed by atoms with Crippen molar-refractivity contribution < 1.29 is 20.1 Å². The first-order valence-electron chi connectivity index (χ1n) is 5.65. The Morgan fingerprint density at radius 2 is 1.63 bits per heavy atom. The summed E-state index contributed by atoms with van der Waals surface area (Å²) in [7, 11) is 0. The summed E-state index contributed by atoms with van der Waals surface area (Å²) in [5.74, 6) is -1.26. The van der Waals surface area contributed by atoms with Crippen molar-refractivity contribution in [1.29, 1.82) is 0 Å². The van der Waals surface area contributed by atoms with E-state index in [2.05, 4.69) is 5.32 Å². The molecule has 0 spiro atoms. The summed E-state index contributed by atoms with van der Waals surface area (Å²) in [6.07, 6.45) is 0. The van der Waals surface area contributed by atoms with Gasteiger partial charge >= 0.3 is 0 Å². The minimum absolute atomic E-state index is 0.0181. The Morgan fingerprint density at radius 1 is 0.947 bits per heavy atom. The molecule has 0 aliphatic rings. The molecule has 19 heavy (non-hydrogen) atoms. The number of carbonyl (C=O) groups is 1.